The molecule has 1 heterocycles. The highest BCUT2D eigenvalue weighted by Crippen LogP contribution is 2.39. The number of ether oxygens (including phenoxy) is 4. The van der Waals surface area contributed by atoms with Crippen molar-refractivity contribution in [3.8, 4) is 17.2 Å². The summed E-state index contributed by atoms with van der Waals surface area (Å²) in [6, 6.07) is 14.1. The average molecular weight is 300 g/mol. The van der Waals surface area contributed by atoms with Gasteiger partial charge in [0.25, 0.3) is 0 Å². The van der Waals surface area contributed by atoms with E-state index in [9.17, 15) is 0 Å². The van der Waals surface area contributed by atoms with Gasteiger partial charge in [0.15, 0.2) is 11.5 Å². The molecule has 2 aromatic rings. The van der Waals surface area contributed by atoms with E-state index in [2.05, 4.69) is 12.1 Å². The minimum absolute atomic E-state index is 0.255. The molecule has 0 saturated heterocycles. The maximum atomic E-state index is 5.97. The van der Waals surface area contributed by atoms with E-state index in [0.29, 0.717) is 12.4 Å². The van der Waals surface area contributed by atoms with Gasteiger partial charge in [-0.2, -0.15) is 0 Å². The van der Waals surface area contributed by atoms with E-state index in [4.69, 9.17) is 18.9 Å². The van der Waals surface area contributed by atoms with Gasteiger partial charge in [-0.25, -0.2) is 0 Å². The van der Waals surface area contributed by atoms with Crippen LogP contribution in [0.4, 0.5) is 0 Å². The van der Waals surface area contributed by atoms with E-state index < -0.39 is 0 Å². The van der Waals surface area contributed by atoms with E-state index in [1.54, 1.807) is 14.2 Å². The molecule has 0 aromatic heterocycles. The Hall–Kier alpha value is -2.20. The molecule has 2 aromatic carbocycles. The average Bonchev–Trinajstić information content (AvgIpc) is 2.59. The molecule has 3 rings (SSSR count). The highest BCUT2D eigenvalue weighted by atomic mass is 16.7. The number of fused-ring (bicyclic) bond motifs is 1. The SMILES string of the molecule is COc1cc2c(c(OC)c1)OC(CCc1ccccc1)OC2. The molecule has 0 radical (unpaired) electrons. The first-order chi connectivity index (χ1) is 10.8. The molecular weight excluding hydrogens is 280 g/mol. The van der Waals surface area contributed by atoms with Gasteiger partial charge in [-0.3, -0.25) is 0 Å². The Labute approximate surface area is 130 Å². The molecule has 0 spiro atoms. The Bertz CT molecular complexity index is 607. The first kappa shape index (κ1) is 14.7. The first-order valence-corrected chi connectivity index (χ1v) is 7.37. The van der Waals surface area contributed by atoms with Crippen molar-refractivity contribution in [2.75, 3.05) is 14.2 Å². The second-order valence-electron chi connectivity index (χ2n) is 5.20. The molecule has 1 aliphatic heterocycles. The molecule has 0 N–H and O–H groups in total. The Morgan fingerprint density at radius 1 is 1.09 bits per heavy atom. The summed E-state index contributed by atoms with van der Waals surface area (Å²) < 4.78 is 22.4. The molecular formula is C18H20O4. The summed E-state index contributed by atoms with van der Waals surface area (Å²) in [5, 5.41) is 0. The lowest BCUT2D eigenvalue weighted by molar-refractivity contribution is -0.112. The number of benzene rings is 2. The zero-order valence-corrected chi connectivity index (χ0v) is 12.9. The van der Waals surface area contributed by atoms with Crippen molar-refractivity contribution >= 4 is 0 Å². The molecule has 1 unspecified atom stereocenters. The van der Waals surface area contributed by atoms with Crippen LogP contribution in [0.2, 0.25) is 0 Å². The van der Waals surface area contributed by atoms with Gasteiger partial charge in [-0.1, -0.05) is 30.3 Å². The molecule has 22 heavy (non-hydrogen) atoms. The molecule has 0 aliphatic carbocycles. The zero-order chi connectivity index (χ0) is 15.4. The molecule has 0 saturated carbocycles. The molecule has 1 atom stereocenters. The van der Waals surface area contributed by atoms with Crippen LogP contribution in [0.15, 0.2) is 42.5 Å². The second kappa shape index (κ2) is 6.71. The van der Waals surface area contributed by atoms with Crippen molar-refractivity contribution in [1.29, 1.82) is 0 Å². The van der Waals surface area contributed by atoms with Gasteiger partial charge in [0, 0.05) is 18.1 Å². The van der Waals surface area contributed by atoms with Crippen molar-refractivity contribution in [1.82, 2.24) is 0 Å². The fourth-order valence-electron chi connectivity index (χ4n) is 2.56. The third-order valence-corrected chi connectivity index (χ3v) is 3.75. The van der Waals surface area contributed by atoms with Crippen LogP contribution in [0.1, 0.15) is 17.5 Å². The van der Waals surface area contributed by atoms with E-state index in [1.165, 1.54) is 5.56 Å². The molecule has 0 fully saturated rings. The van der Waals surface area contributed by atoms with E-state index in [-0.39, 0.29) is 6.29 Å². The second-order valence-corrected chi connectivity index (χ2v) is 5.20. The summed E-state index contributed by atoms with van der Waals surface area (Å²) in [7, 11) is 3.27. The Morgan fingerprint density at radius 2 is 1.91 bits per heavy atom. The van der Waals surface area contributed by atoms with Crippen molar-refractivity contribution in [3.63, 3.8) is 0 Å². The van der Waals surface area contributed by atoms with Crippen molar-refractivity contribution in [2.45, 2.75) is 25.7 Å². The van der Waals surface area contributed by atoms with Crippen LogP contribution in [-0.2, 0) is 17.8 Å². The van der Waals surface area contributed by atoms with Crippen LogP contribution in [0.5, 0.6) is 17.2 Å². The first-order valence-electron chi connectivity index (χ1n) is 7.37. The fourth-order valence-corrected chi connectivity index (χ4v) is 2.56. The van der Waals surface area contributed by atoms with Gasteiger partial charge in [0.05, 0.1) is 20.8 Å². The van der Waals surface area contributed by atoms with Crippen LogP contribution in [0.25, 0.3) is 0 Å². The lowest BCUT2D eigenvalue weighted by Crippen LogP contribution is -2.26. The van der Waals surface area contributed by atoms with Gasteiger partial charge >= 0.3 is 0 Å². The topological polar surface area (TPSA) is 36.9 Å². The quantitative estimate of drug-likeness (QED) is 0.846. The minimum atomic E-state index is -0.255. The third kappa shape index (κ3) is 3.17. The molecule has 1 aliphatic rings. The minimum Gasteiger partial charge on any atom is -0.497 e. The normalized spacial score (nSPS) is 16.5. The van der Waals surface area contributed by atoms with Crippen LogP contribution in [0, 0.1) is 0 Å². The van der Waals surface area contributed by atoms with Crippen LogP contribution in [0.3, 0.4) is 0 Å². The highest BCUT2D eigenvalue weighted by molar-refractivity contribution is 5.52. The van der Waals surface area contributed by atoms with E-state index >= 15 is 0 Å². The lowest BCUT2D eigenvalue weighted by Gasteiger charge is -2.28. The van der Waals surface area contributed by atoms with E-state index in [0.717, 1.165) is 29.9 Å². The predicted octanol–water partition coefficient (Wildman–Crippen LogP) is 3.57. The number of rotatable bonds is 5. The maximum absolute atomic E-state index is 5.97. The summed E-state index contributed by atoms with van der Waals surface area (Å²) >= 11 is 0. The molecule has 0 amide bonds. The number of hydrogen-bond donors (Lipinski definition) is 0. The van der Waals surface area contributed by atoms with Crippen molar-refractivity contribution < 1.29 is 18.9 Å². The molecule has 116 valence electrons. The van der Waals surface area contributed by atoms with E-state index in [1.807, 2.05) is 30.3 Å². The highest BCUT2D eigenvalue weighted by Gasteiger charge is 2.24. The maximum Gasteiger partial charge on any atom is 0.200 e. The molecule has 4 nitrogen and oxygen atoms in total. The number of hydrogen-bond acceptors (Lipinski definition) is 4. The largest absolute Gasteiger partial charge is 0.497 e. The Morgan fingerprint density at radius 3 is 2.64 bits per heavy atom. The standard InChI is InChI=1S/C18H20O4/c1-19-15-10-14-12-21-17(22-18(14)16(11-15)20-2)9-8-13-6-4-3-5-7-13/h3-7,10-11,17H,8-9,12H2,1-2H3. The Balaban J connectivity index is 1.70. The van der Waals surface area contributed by atoms with Gasteiger partial charge in [0.2, 0.25) is 6.29 Å². The summed E-state index contributed by atoms with van der Waals surface area (Å²) in [5.74, 6) is 2.18. The summed E-state index contributed by atoms with van der Waals surface area (Å²) in [5.41, 5.74) is 2.23. The molecule has 4 heteroatoms. The fraction of sp³-hybridized carbons (Fsp3) is 0.333. The smallest absolute Gasteiger partial charge is 0.200 e. The van der Waals surface area contributed by atoms with Crippen molar-refractivity contribution in [3.05, 3.63) is 53.6 Å². The number of aryl methyl sites for hydroxylation is 1. The van der Waals surface area contributed by atoms with Gasteiger partial charge in [0.1, 0.15) is 5.75 Å². The summed E-state index contributed by atoms with van der Waals surface area (Å²) in [6.07, 6.45) is 1.47. The zero-order valence-electron chi connectivity index (χ0n) is 12.9. The molecule has 0 bridgehead atoms. The van der Waals surface area contributed by atoms with Gasteiger partial charge in [-0.15, -0.1) is 0 Å². The van der Waals surface area contributed by atoms with Gasteiger partial charge in [-0.05, 0) is 18.1 Å². The third-order valence-electron chi connectivity index (χ3n) is 3.75. The predicted molar refractivity (Wildman–Crippen MR) is 83.5 cm³/mol. The van der Waals surface area contributed by atoms with Crippen molar-refractivity contribution in [2.24, 2.45) is 0 Å². The van der Waals surface area contributed by atoms with Crippen LogP contribution >= 0.6 is 0 Å². The monoisotopic (exact) mass is 300 g/mol. The van der Waals surface area contributed by atoms with Crippen LogP contribution in [-0.4, -0.2) is 20.5 Å². The lowest BCUT2D eigenvalue weighted by atomic mass is 10.1. The van der Waals surface area contributed by atoms with Crippen LogP contribution < -0.4 is 14.2 Å². The van der Waals surface area contributed by atoms with Gasteiger partial charge < -0.3 is 18.9 Å². The summed E-state index contributed by atoms with van der Waals surface area (Å²) in [6.45, 7) is 0.502. The number of methoxy groups -OCH3 is 2. The summed E-state index contributed by atoms with van der Waals surface area (Å²) in [4.78, 5) is 0. The Kier molecular flexibility index (Phi) is 4.49.